The minimum atomic E-state index is -0.305. The number of nitrogens with zero attached hydrogens (tertiary/aromatic N) is 1. The van der Waals surface area contributed by atoms with Crippen LogP contribution in [0, 0.1) is 0 Å². The molecule has 12 heavy (non-hydrogen) atoms. The van der Waals surface area contributed by atoms with Crippen molar-refractivity contribution in [3.63, 3.8) is 0 Å². The molecule has 0 aromatic heterocycles. The Morgan fingerprint density at radius 1 is 1.67 bits per heavy atom. The van der Waals surface area contributed by atoms with Crippen molar-refractivity contribution in [2.75, 3.05) is 27.2 Å². The highest BCUT2D eigenvalue weighted by atomic mass is 16.6. The number of ether oxygens (including phenoxy) is 1. The third kappa shape index (κ3) is 1.88. The second kappa shape index (κ2) is 3.31. The third-order valence-electron chi connectivity index (χ3n) is 2.11. The number of hydrogen-bond acceptors (Lipinski definition) is 3. The van der Waals surface area contributed by atoms with Crippen LogP contribution in [0.5, 0.6) is 0 Å². The minimum absolute atomic E-state index is 0.293. The summed E-state index contributed by atoms with van der Waals surface area (Å²) in [5.41, 5.74) is -0.305. The van der Waals surface area contributed by atoms with E-state index in [1.54, 1.807) is 0 Å². The van der Waals surface area contributed by atoms with Gasteiger partial charge in [-0.2, -0.15) is 0 Å². The normalized spacial score (nSPS) is 28.8. The molecule has 1 amide bonds. The van der Waals surface area contributed by atoms with Gasteiger partial charge in [0.05, 0.1) is 6.54 Å². The van der Waals surface area contributed by atoms with Crippen LogP contribution in [0.4, 0.5) is 4.79 Å². The molecule has 4 heteroatoms. The summed E-state index contributed by atoms with van der Waals surface area (Å²) in [6.45, 7) is 3.44. The summed E-state index contributed by atoms with van der Waals surface area (Å²) in [6, 6.07) is 0. The summed E-state index contributed by atoms with van der Waals surface area (Å²) >= 11 is 0. The van der Waals surface area contributed by atoms with Gasteiger partial charge in [-0.15, -0.1) is 0 Å². The van der Waals surface area contributed by atoms with E-state index in [0.717, 1.165) is 13.0 Å². The van der Waals surface area contributed by atoms with E-state index in [0.29, 0.717) is 6.54 Å². The predicted molar refractivity (Wildman–Crippen MR) is 46.1 cm³/mol. The zero-order chi connectivity index (χ0) is 9.19. The van der Waals surface area contributed by atoms with Crippen LogP contribution in [0.1, 0.15) is 13.3 Å². The fraction of sp³-hybridized carbons (Fsp3) is 0.875. The number of likely N-dealkylation sites (N-methyl/N-ethyl adjacent to an activating group) is 1. The SMILES string of the molecule is CCC1(CN(C)C)CNC(=O)O1. The molecule has 70 valence electrons. The Kier molecular flexibility index (Phi) is 2.57. The van der Waals surface area contributed by atoms with E-state index in [2.05, 4.69) is 5.32 Å². The van der Waals surface area contributed by atoms with E-state index < -0.39 is 0 Å². The first-order valence-corrected chi connectivity index (χ1v) is 4.19. The molecule has 0 radical (unpaired) electrons. The number of rotatable bonds is 3. The van der Waals surface area contributed by atoms with Gasteiger partial charge in [0.2, 0.25) is 0 Å². The molecule has 0 aliphatic carbocycles. The second-order valence-electron chi connectivity index (χ2n) is 3.52. The summed E-state index contributed by atoms with van der Waals surface area (Å²) in [5, 5.41) is 2.68. The number of cyclic esters (lactones) is 1. The fourth-order valence-electron chi connectivity index (χ4n) is 1.48. The largest absolute Gasteiger partial charge is 0.440 e. The highest BCUT2D eigenvalue weighted by Crippen LogP contribution is 2.20. The van der Waals surface area contributed by atoms with Crippen molar-refractivity contribution in [1.29, 1.82) is 0 Å². The first kappa shape index (κ1) is 9.32. The molecule has 1 rings (SSSR count). The van der Waals surface area contributed by atoms with Crippen LogP contribution in [0.25, 0.3) is 0 Å². The van der Waals surface area contributed by atoms with Crippen LogP contribution >= 0.6 is 0 Å². The maximum absolute atomic E-state index is 10.8. The molecule has 0 aromatic carbocycles. The van der Waals surface area contributed by atoms with Gasteiger partial charge in [-0.25, -0.2) is 4.79 Å². The average Bonchev–Trinajstić information content (AvgIpc) is 2.32. The van der Waals surface area contributed by atoms with Crippen LogP contribution < -0.4 is 5.32 Å². The van der Waals surface area contributed by atoms with Gasteiger partial charge in [0.25, 0.3) is 0 Å². The topological polar surface area (TPSA) is 41.6 Å². The maximum atomic E-state index is 10.8. The Morgan fingerprint density at radius 2 is 2.33 bits per heavy atom. The highest BCUT2D eigenvalue weighted by molar-refractivity contribution is 5.70. The molecule has 0 aromatic rings. The molecule has 1 atom stereocenters. The minimum Gasteiger partial charge on any atom is -0.440 e. The molecule has 1 aliphatic rings. The van der Waals surface area contributed by atoms with E-state index in [4.69, 9.17) is 4.74 Å². The average molecular weight is 172 g/mol. The summed E-state index contributed by atoms with van der Waals surface area (Å²) in [6.07, 6.45) is 0.558. The van der Waals surface area contributed by atoms with Gasteiger partial charge < -0.3 is 15.0 Å². The van der Waals surface area contributed by atoms with Crippen molar-refractivity contribution in [1.82, 2.24) is 10.2 Å². The van der Waals surface area contributed by atoms with Crippen LogP contribution in [-0.4, -0.2) is 43.8 Å². The first-order chi connectivity index (χ1) is 5.58. The summed E-state index contributed by atoms with van der Waals surface area (Å²) in [7, 11) is 3.95. The van der Waals surface area contributed by atoms with Gasteiger partial charge in [0.1, 0.15) is 5.60 Å². The predicted octanol–water partition coefficient (Wildman–Crippen LogP) is 0.437. The molecule has 1 aliphatic heterocycles. The van der Waals surface area contributed by atoms with Crippen molar-refractivity contribution in [3.05, 3.63) is 0 Å². The van der Waals surface area contributed by atoms with Gasteiger partial charge in [-0.05, 0) is 20.5 Å². The summed E-state index contributed by atoms with van der Waals surface area (Å²) in [5.74, 6) is 0. The summed E-state index contributed by atoms with van der Waals surface area (Å²) < 4.78 is 5.22. The lowest BCUT2D eigenvalue weighted by atomic mass is 10.0. The van der Waals surface area contributed by atoms with Crippen LogP contribution in [-0.2, 0) is 4.74 Å². The second-order valence-corrected chi connectivity index (χ2v) is 3.52. The Balaban J connectivity index is 2.58. The van der Waals surface area contributed by atoms with Crippen molar-refractivity contribution in [2.45, 2.75) is 18.9 Å². The lowest BCUT2D eigenvalue weighted by molar-refractivity contribution is 0.0324. The lowest BCUT2D eigenvalue weighted by Crippen LogP contribution is -2.42. The lowest BCUT2D eigenvalue weighted by Gasteiger charge is -2.27. The van der Waals surface area contributed by atoms with Crippen LogP contribution in [0.15, 0.2) is 0 Å². The standard InChI is InChI=1S/C8H16N2O2/c1-4-8(6-10(2)3)5-9-7(11)12-8/h4-6H2,1-3H3,(H,9,11). The number of hydrogen-bond donors (Lipinski definition) is 1. The molecule has 1 N–H and O–H groups in total. The molecule has 0 bridgehead atoms. The molecule has 1 heterocycles. The van der Waals surface area contributed by atoms with E-state index >= 15 is 0 Å². The number of carbonyl (C=O) groups excluding carboxylic acids is 1. The van der Waals surface area contributed by atoms with E-state index in [-0.39, 0.29) is 11.7 Å². The van der Waals surface area contributed by atoms with E-state index in [9.17, 15) is 4.79 Å². The van der Waals surface area contributed by atoms with Crippen LogP contribution in [0.3, 0.4) is 0 Å². The van der Waals surface area contributed by atoms with Gasteiger partial charge in [0.15, 0.2) is 0 Å². The Bertz CT molecular complexity index is 182. The first-order valence-electron chi connectivity index (χ1n) is 4.19. The Morgan fingerprint density at radius 3 is 2.67 bits per heavy atom. The Hall–Kier alpha value is -0.770. The number of amides is 1. The number of nitrogens with one attached hydrogen (secondary N) is 1. The van der Waals surface area contributed by atoms with Crippen molar-refractivity contribution in [2.24, 2.45) is 0 Å². The van der Waals surface area contributed by atoms with Crippen molar-refractivity contribution < 1.29 is 9.53 Å². The van der Waals surface area contributed by atoms with E-state index in [1.165, 1.54) is 0 Å². The highest BCUT2D eigenvalue weighted by Gasteiger charge is 2.38. The number of carbonyl (C=O) groups is 1. The summed E-state index contributed by atoms with van der Waals surface area (Å²) in [4.78, 5) is 12.9. The zero-order valence-corrected chi connectivity index (χ0v) is 7.89. The zero-order valence-electron chi connectivity index (χ0n) is 7.89. The molecular weight excluding hydrogens is 156 g/mol. The fourth-order valence-corrected chi connectivity index (χ4v) is 1.48. The van der Waals surface area contributed by atoms with Crippen molar-refractivity contribution >= 4 is 6.09 Å². The van der Waals surface area contributed by atoms with Gasteiger partial charge in [-0.3, -0.25) is 0 Å². The molecule has 1 saturated heterocycles. The van der Waals surface area contributed by atoms with Gasteiger partial charge in [0, 0.05) is 6.54 Å². The molecule has 0 spiro atoms. The molecule has 1 unspecified atom stereocenters. The van der Waals surface area contributed by atoms with Crippen LogP contribution in [0.2, 0.25) is 0 Å². The van der Waals surface area contributed by atoms with Crippen molar-refractivity contribution in [3.8, 4) is 0 Å². The number of alkyl carbamates (subject to hydrolysis) is 1. The van der Waals surface area contributed by atoms with Gasteiger partial charge >= 0.3 is 6.09 Å². The molecule has 1 fully saturated rings. The monoisotopic (exact) mass is 172 g/mol. The van der Waals surface area contributed by atoms with Gasteiger partial charge in [-0.1, -0.05) is 6.92 Å². The Labute approximate surface area is 72.9 Å². The third-order valence-corrected chi connectivity index (χ3v) is 2.11. The molecular formula is C8H16N2O2. The smallest absolute Gasteiger partial charge is 0.407 e. The van der Waals surface area contributed by atoms with E-state index in [1.807, 2.05) is 25.9 Å². The quantitative estimate of drug-likeness (QED) is 0.671. The molecule has 4 nitrogen and oxygen atoms in total. The molecule has 0 saturated carbocycles. The maximum Gasteiger partial charge on any atom is 0.407 e.